The van der Waals surface area contributed by atoms with Crippen LogP contribution in [0, 0.1) is 5.82 Å². The Morgan fingerprint density at radius 3 is 2.48 bits per heavy atom. The summed E-state index contributed by atoms with van der Waals surface area (Å²) in [6.45, 7) is 1.79. The summed E-state index contributed by atoms with van der Waals surface area (Å²) in [4.78, 5) is -0.115. The van der Waals surface area contributed by atoms with Crippen LogP contribution < -0.4 is 9.46 Å². The van der Waals surface area contributed by atoms with Gasteiger partial charge in [0.05, 0.1) is 12.0 Å². The molecule has 0 bridgehead atoms. The number of methoxy groups -OCH3 is 1. The van der Waals surface area contributed by atoms with Gasteiger partial charge in [-0.15, -0.1) is 0 Å². The van der Waals surface area contributed by atoms with Crippen LogP contribution in [0.5, 0.6) is 5.75 Å². The molecule has 134 valence electrons. The van der Waals surface area contributed by atoms with Crippen molar-refractivity contribution in [1.82, 2.24) is 4.72 Å². The molecule has 0 radical (unpaired) electrons. The lowest BCUT2D eigenvalue weighted by Gasteiger charge is -2.20. The Bertz CT molecular complexity index is 880. The van der Waals surface area contributed by atoms with Crippen molar-refractivity contribution in [3.8, 4) is 5.75 Å². The van der Waals surface area contributed by atoms with Crippen LogP contribution in [0.3, 0.4) is 0 Å². The van der Waals surface area contributed by atoms with Crippen LogP contribution in [-0.4, -0.2) is 15.5 Å². The van der Waals surface area contributed by atoms with Gasteiger partial charge in [-0.2, -0.15) is 0 Å². The van der Waals surface area contributed by atoms with E-state index in [0.29, 0.717) is 0 Å². The van der Waals surface area contributed by atoms with Crippen LogP contribution in [0.2, 0.25) is 0 Å². The molecule has 6 heteroatoms. The lowest BCUT2D eigenvalue weighted by molar-refractivity contribution is 0.385. The summed E-state index contributed by atoms with van der Waals surface area (Å²) in [6.07, 6.45) is 4.49. The fraction of sp³-hybridized carbons (Fsp3) is 0.368. The largest absolute Gasteiger partial charge is 0.494 e. The van der Waals surface area contributed by atoms with E-state index in [2.05, 4.69) is 16.9 Å². The number of hydrogen-bond donors (Lipinski definition) is 1. The average Bonchev–Trinajstić information content (AvgIpc) is 2.60. The van der Waals surface area contributed by atoms with Crippen LogP contribution in [-0.2, 0) is 22.9 Å². The second kappa shape index (κ2) is 7.14. The number of benzene rings is 2. The Kier molecular flexibility index (Phi) is 5.11. The first-order valence-electron chi connectivity index (χ1n) is 8.38. The van der Waals surface area contributed by atoms with Crippen molar-refractivity contribution in [1.29, 1.82) is 0 Å². The number of aryl methyl sites for hydroxylation is 2. The van der Waals surface area contributed by atoms with Crippen molar-refractivity contribution in [3.05, 3.63) is 58.9 Å². The fourth-order valence-corrected chi connectivity index (χ4v) is 4.45. The van der Waals surface area contributed by atoms with Crippen LogP contribution in [0.25, 0.3) is 0 Å². The Morgan fingerprint density at radius 1 is 1.08 bits per heavy atom. The molecule has 1 atom stereocenters. The molecular formula is C19H22FNO3S. The number of halogens is 1. The molecule has 4 nitrogen and oxygen atoms in total. The van der Waals surface area contributed by atoms with Crippen molar-refractivity contribution in [2.75, 3.05) is 7.11 Å². The highest BCUT2D eigenvalue weighted by Crippen LogP contribution is 2.26. The molecule has 0 heterocycles. The predicted molar refractivity (Wildman–Crippen MR) is 94.8 cm³/mol. The summed E-state index contributed by atoms with van der Waals surface area (Å²) in [5.74, 6) is -0.687. The smallest absolute Gasteiger partial charge is 0.241 e. The van der Waals surface area contributed by atoms with Crippen molar-refractivity contribution in [2.24, 2.45) is 0 Å². The van der Waals surface area contributed by atoms with Crippen LogP contribution >= 0.6 is 0 Å². The highest BCUT2D eigenvalue weighted by atomic mass is 32.2. The number of ether oxygens (including phenoxy) is 1. The molecule has 0 fully saturated rings. The summed E-state index contributed by atoms with van der Waals surface area (Å²) in [5.41, 5.74) is 3.56. The van der Waals surface area contributed by atoms with Crippen molar-refractivity contribution >= 4 is 10.0 Å². The maximum atomic E-state index is 13.8. The second-order valence-electron chi connectivity index (χ2n) is 6.37. The monoisotopic (exact) mass is 363 g/mol. The third-order valence-electron chi connectivity index (χ3n) is 4.64. The Labute approximate surface area is 148 Å². The van der Waals surface area contributed by atoms with E-state index in [-0.39, 0.29) is 10.6 Å². The van der Waals surface area contributed by atoms with E-state index < -0.39 is 21.9 Å². The predicted octanol–water partition coefficient (Wildman–Crippen LogP) is 3.75. The number of nitrogens with one attached hydrogen (secondary N) is 1. The topological polar surface area (TPSA) is 55.4 Å². The number of fused-ring (bicyclic) bond motifs is 1. The minimum absolute atomic E-state index is 0.0154. The zero-order valence-electron chi connectivity index (χ0n) is 14.4. The SMILES string of the molecule is COc1ccc(S(=O)(=O)N[C@@H](C)c2ccc3c(c2)CCCC3)cc1F. The fourth-order valence-electron chi connectivity index (χ4n) is 3.21. The molecule has 0 saturated heterocycles. The van der Waals surface area contributed by atoms with Gasteiger partial charge >= 0.3 is 0 Å². The minimum atomic E-state index is -3.82. The van der Waals surface area contributed by atoms with E-state index in [1.807, 2.05) is 6.07 Å². The molecule has 0 aliphatic heterocycles. The molecule has 0 aromatic heterocycles. The Hall–Kier alpha value is -1.92. The van der Waals surface area contributed by atoms with Crippen molar-refractivity contribution in [3.63, 3.8) is 0 Å². The van der Waals surface area contributed by atoms with Gasteiger partial charge in [-0.3, -0.25) is 0 Å². The molecule has 25 heavy (non-hydrogen) atoms. The van der Waals surface area contributed by atoms with Crippen LogP contribution in [0.4, 0.5) is 4.39 Å². The first kappa shape index (κ1) is 17.9. The third kappa shape index (κ3) is 3.85. The third-order valence-corrected chi connectivity index (χ3v) is 6.18. The number of sulfonamides is 1. The maximum absolute atomic E-state index is 13.8. The second-order valence-corrected chi connectivity index (χ2v) is 8.09. The lowest BCUT2D eigenvalue weighted by Crippen LogP contribution is -2.27. The van der Waals surface area contributed by atoms with E-state index in [4.69, 9.17) is 4.74 Å². The highest BCUT2D eigenvalue weighted by Gasteiger charge is 2.21. The molecule has 3 rings (SSSR count). The molecule has 0 saturated carbocycles. The molecular weight excluding hydrogens is 341 g/mol. The molecule has 0 unspecified atom stereocenters. The van der Waals surface area contributed by atoms with Gasteiger partial charge in [-0.1, -0.05) is 18.2 Å². The molecule has 2 aromatic rings. The molecule has 0 spiro atoms. The zero-order chi connectivity index (χ0) is 18.0. The van der Waals surface area contributed by atoms with Crippen LogP contribution in [0.15, 0.2) is 41.3 Å². The zero-order valence-corrected chi connectivity index (χ0v) is 15.2. The molecule has 1 aliphatic carbocycles. The summed E-state index contributed by atoms with van der Waals surface area (Å²) in [5, 5.41) is 0. The summed E-state index contributed by atoms with van der Waals surface area (Å²) >= 11 is 0. The van der Waals surface area contributed by atoms with E-state index in [0.717, 1.165) is 24.5 Å². The van der Waals surface area contributed by atoms with Gasteiger partial charge in [-0.05, 0) is 67.5 Å². The minimum Gasteiger partial charge on any atom is -0.494 e. The average molecular weight is 363 g/mol. The van der Waals surface area contributed by atoms with Gasteiger partial charge in [0.25, 0.3) is 0 Å². The molecule has 0 amide bonds. The van der Waals surface area contributed by atoms with Gasteiger partial charge in [0.15, 0.2) is 11.6 Å². The van der Waals surface area contributed by atoms with Gasteiger partial charge in [0.2, 0.25) is 10.0 Å². The number of hydrogen-bond acceptors (Lipinski definition) is 3. The number of rotatable bonds is 5. The first-order chi connectivity index (χ1) is 11.9. The maximum Gasteiger partial charge on any atom is 0.241 e. The lowest BCUT2D eigenvalue weighted by atomic mass is 9.89. The van der Waals surface area contributed by atoms with E-state index in [9.17, 15) is 12.8 Å². The normalized spacial score (nSPS) is 15.5. The first-order valence-corrected chi connectivity index (χ1v) is 9.86. The summed E-state index contributed by atoms with van der Waals surface area (Å²) in [6, 6.07) is 9.35. The molecule has 1 aliphatic rings. The quantitative estimate of drug-likeness (QED) is 0.880. The standard InChI is InChI=1S/C19H22FNO3S/c1-13(15-8-7-14-5-3-4-6-16(14)11-15)21-25(22,23)17-9-10-19(24-2)18(20)12-17/h7-13,21H,3-6H2,1-2H3/t13-/m0/s1. The van der Waals surface area contributed by atoms with E-state index >= 15 is 0 Å². The van der Waals surface area contributed by atoms with Gasteiger partial charge in [0.1, 0.15) is 0 Å². The van der Waals surface area contributed by atoms with Gasteiger partial charge in [-0.25, -0.2) is 17.5 Å². The summed E-state index contributed by atoms with van der Waals surface area (Å²) < 4.78 is 46.3. The summed E-state index contributed by atoms with van der Waals surface area (Å²) in [7, 11) is -2.49. The van der Waals surface area contributed by atoms with E-state index in [1.165, 1.54) is 43.2 Å². The Morgan fingerprint density at radius 2 is 1.80 bits per heavy atom. The van der Waals surface area contributed by atoms with E-state index in [1.54, 1.807) is 6.92 Å². The molecule has 1 N–H and O–H groups in total. The Balaban J connectivity index is 1.81. The van der Waals surface area contributed by atoms with Gasteiger partial charge in [0, 0.05) is 6.04 Å². The highest BCUT2D eigenvalue weighted by molar-refractivity contribution is 7.89. The van der Waals surface area contributed by atoms with Crippen LogP contribution in [0.1, 0.15) is 42.5 Å². The molecule has 2 aromatic carbocycles. The van der Waals surface area contributed by atoms with Gasteiger partial charge < -0.3 is 4.74 Å². The van der Waals surface area contributed by atoms with Crippen molar-refractivity contribution in [2.45, 2.75) is 43.5 Å². The van der Waals surface area contributed by atoms with Crippen molar-refractivity contribution < 1.29 is 17.5 Å².